The van der Waals surface area contributed by atoms with Crippen molar-refractivity contribution in [3.8, 4) is 0 Å². The number of carbonyl (C=O) groups excluding carboxylic acids is 1. The number of amides is 1. The van der Waals surface area contributed by atoms with Gasteiger partial charge in [-0.15, -0.1) is 0 Å². The molecule has 1 aromatic heterocycles. The fraction of sp³-hybridized carbons (Fsp3) is 0.417. The van der Waals surface area contributed by atoms with Crippen LogP contribution >= 0.6 is 0 Å². The number of hydrogen-bond donors (Lipinski definition) is 2. The van der Waals surface area contributed by atoms with Gasteiger partial charge >= 0.3 is 5.97 Å². The van der Waals surface area contributed by atoms with E-state index in [9.17, 15) is 9.59 Å². The lowest BCUT2D eigenvalue weighted by Gasteiger charge is -2.09. The standard InChI is InChI=1S/C12H16N2O3/c1-8(5-12(16)17)4-11(15)14-10-3-9(2)6-13-7-10/h3,6-8H,4-5H2,1-2H3,(H,14,15)(H,16,17). The van der Waals surface area contributed by atoms with Gasteiger partial charge in [-0.2, -0.15) is 0 Å². The Hall–Kier alpha value is -1.91. The largest absolute Gasteiger partial charge is 0.481 e. The van der Waals surface area contributed by atoms with Gasteiger partial charge in [0.1, 0.15) is 0 Å². The van der Waals surface area contributed by atoms with Gasteiger partial charge in [0.05, 0.1) is 11.9 Å². The molecule has 1 heterocycles. The minimum atomic E-state index is -0.887. The molecule has 17 heavy (non-hydrogen) atoms. The number of nitrogens with zero attached hydrogens (tertiary/aromatic N) is 1. The van der Waals surface area contributed by atoms with Gasteiger partial charge in [-0.05, 0) is 24.5 Å². The van der Waals surface area contributed by atoms with E-state index in [1.54, 1.807) is 19.3 Å². The molecule has 0 bridgehead atoms. The van der Waals surface area contributed by atoms with Crippen molar-refractivity contribution in [2.24, 2.45) is 5.92 Å². The average molecular weight is 236 g/mol. The molecule has 0 saturated carbocycles. The van der Waals surface area contributed by atoms with E-state index >= 15 is 0 Å². The second-order valence-corrected chi connectivity index (χ2v) is 4.21. The molecule has 92 valence electrons. The molecular formula is C12H16N2O3. The number of carboxylic acid groups (broad SMARTS) is 1. The number of aliphatic carboxylic acids is 1. The predicted molar refractivity (Wildman–Crippen MR) is 63.6 cm³/mol. The highest BCUT2D eigenvalue weighted by Crippen LogP contribution is 2.11. The quantitative estimate of drug-likeness (QED) is 0.817. The van der Waals surface area contributed by atoms with E-state index in [0.717, 1.165) is 5.56 Å². The number of aromatic nitrogens is 1. The maximum Gasteiger partial charge on any atom is 0.303 e. The normalized spacial score (nSPS) is 11.9. The van der Waals surface area contributed by atoms with Gasteiger partial charge in [-0.1, -0.05) is 6.92 Å². The Labute approximate surface area is 99.9 Å². The van der Waals surface area contributed by atoms with Gasteiger partial charge in [-0.3, -0.25) is 14.6 Å². The molecule has 0 aliphatic carbocycles. The summed E-state index contributed by atoms with van der Waals surface area (Å²) >= 11 is 0. The number of aryl methyl sites for hydroxylation is 1. The van der Waals surface area contributed by atoms with Crippen molar-refractivity contribution in [3.05, 3.63) is 24.0 Å². The predicted octanol–water partition coefficient (Wildman–Crippen LogP) is 1.83. The van der Waals surface area contributed by atoms with Crippen LogP contribution < -0.4 is 5.32 Å². The van der Waals surface area contributed by atoms with Gasteiger partial charge in [0.2, 0.25) is 5.91 Å². The lowest BCUT2D eigenvalue weighted by molar-refractivity contribution is -0.138. The Morgan fingerprint density at radius 3 is 2.71 bits per heavy atom. The van der Waals surface area contributed by atoms with Crippen molar-refractivity contribution in [2.75, 3.05) is 5.32 Å². The number of hydrogen-bond acceptors (Lipinski definition) is 3. The van der Waals surface area contributed by atoms with Crippen molar-refractivity contribution in [2.45, 2.75) is 26.7 Å². The van der Waals surface area contributed by atoms with Gasteiger partial charge in [-0.25, -0.2) is 0 Å². The molecule has 5 nitrogen and oxygen atoms in total. The molecule has 0 aliphatic heterocycles. The highest BCUT2D eigenvalue weighted by Gasteiger charge is 2.12. The Kier molecular flexibility index (Phi) is 4.63. The molecular weight excluding hydrogens is 220 g/mol. The topological polar surface area (TPSA) is 79.3 Å². The summed E-state index contributed by atoms with van der Waals surface area (Å²) < 4.78 is 0. The minimum Gasteiger partial charge on any atom is -0.481 e. The van der Waals surface area contributed by atoms with E-state index in [0.29, 0.717) is 5.69 Å². The summed E-state index contributed by atoms with van der Waals surface area (Å²) in [5, 5.41) is 11.3. The zero-order chi connectivity index (χ0) is 12.8. The average Bonchev–Trinajstić information content (AvgIpc) is 2.14. The molecule has 1 aromatic rings. The monoisotopic (exact) mass is 236 g/mol. The smallest absolute Gasteiger partial charge is 0.303 e. The molecule has 0 spiro atoms. The van der Waals surface area contributed by atoms with Crippen LogP contribution in [0.4, 0.5) is 5.69 Å². The number of nitrogens with one attached hydrogen (secondary N) is 1. The molecule has 0 saturated heterocycles. The lowest BCUT2D eigenvalue weighted by atomic mass is 10.0. The first-order chi connectivity index (χ1) is 7.97. The van der Waals surface area contributed by atoms with Gasteiger partial charge < -0.3 is 10.4 Å². The fourth-order valence-corrected chi connectivity index (χ4v) is 1.52. The van der Waals surface area contributed by atoms with Crippen LogP contribution in [-0.4, -0.2) is 22.0 Å². The Balaban J connectivity index is 2.47. The van der Waals surface area contributed by atoms with E-state index in [1.807, 2.05) is 13.0 Å². The second kappa shape index (κ2) is 5.98. The maximum atomic E-state index is 11.6. The SMILES string of the molecule is Cc1cncc(NC(=O)CC(C)CC(=O)O)c1. The van der Waals surface area contributed by atoms with E-state index < -0.39 is 5.97 Å². The summed E-state index contributed by atoms with van der Waals surface area (Å²) in [5.41, 5.74) is 1.60. The van der Waals surface area contributed by atoms with Crippen molar-refractivity contribution >= 4 is 17.6 Å². The second-order valence-electron chi connectivity index (χ2n) is 4.21. The zero-order valence-corrected chi connectivity index (χ0v) is 9.93. The summed E-state index contributed by atoms with van der Waals surface area (Å²) in [6.07, 6.45) is 3.45. The molecule has 1 atom stereocenters. The van der Waals surface area contributed by atoms with Gasteiger partial charge in [0, 0.05) is 19.0 Å². The molecule has 0 fully saturated rings. The van der Waals surface area contributed by atoms with Crippen LogP contribution in [0, 0.1) is 12.8 Å². The van der Waals surface area contributed by atoms with Crippen LogP contribution in [0.5, 0.6) is 0 Å². The third-order valence-electron chi connectivity index (χ3n) is 2.22. The number of carboxylic acids is 1. The van der Waals surface area contributed by atoms with Crippen LogP contribution in [0.2, 0.25) is 0 Å². The first kappa shape index (κ1) is 13.2. The Morgan fingerprint density at radius 1 is 1.41 bits per heavy atom. The molecule has 2 N–H and O–H groups in total. The minimum absolute atomic E-state index is 0.000508. The van der Waals surface area contributed by atoms with E-state index in [2.05, 4.69) is 10.3 Å². The zero-order valence-electron chi connectivity index (χ0n) is 9.93. The van der Waals surface area contributed by atoms with E-state index in [-0.39, 0.29) is 24.7 Å². The summed E-state index contributed by atoms with van der Waals surface area (Å²) in [5.74, 6) is -1.25. The van der Waals surface area contributed by atoms with Crippen LogP contribution in [0.15, 0.2) is 18.5 Å². The van der Waals surface area contributed by atoms with Crippen molar-refractivity contribution in [1.29, 1.82) is 0 Å². The Bertz CT molecular complexity index is 418. The fourth-order valence-electron chi connectivity index (χ4n) is 1.52. The lowest BCUT2D eigenvalue weighted by Crippen LogP contribution is -2.17. The number of anilines is 1. The maximum absolute atomic E-state index is 11.6. The summed E-state index contributed by atoms with van der Waals surface area (Å²) in [6.45, 7) is 3.62. The summed E-state index contributed by atoms with van der Waals surface area (Å²) in [7, 11) is 0. The third-order valence-corrected chi connectivity index (χ3v) is 2.22. The number of rotatable bonds is 5. The Morgan fingerprint density at radius 2 is 2.12 bits per heavy atom. The summed E-state index contributed by atoms with van der Waals surface area (Å²) in [6, 6.07) is 1.81. The van der Waals surface area contributed by atoms with Crippen molar-refractivity contribution < 1.29 is 14.7 Å². The molecule has 0 aromatic carbocycles. The molecule has 5 heteroatoms. The van der Waals surface area contributed by atoms with E-state index in [1.165, 1.54) is 0 Å². The van der Waals surface area contributed by atoms with Crippen molar-refractivity contribution in [1.82, 2.24) is 4.98 Å². The highest BCUT2D eigenvalue weighted by atomic mass is 16.4. The summed E-state index contributed by atoms with van der Waals surface area (Å²) in [4.78, 5) is 26.0. The van der Waals surface area contributed by atoms with Crippen molar-refractivity contribution in [3.63, 3.8) is 0 Å². The molecule has 1 unspecified atom stereocenters. The number of pyridine rings is 1. The molecule has 1 rings (SSSR count). The number of carbonyl (C=O) groups is 2. The third kappa shape index (κ3) is 5.10. The van der Waals surface area contributed by atoms with Gasteiger partial charge in [0.25, 0.3) is 0 Å². The van der Waals surface area contributed by atoms with Crippen LogP contribution in [0.25, 0.3) is 0 Å². The van der Waals surface area contributed by atoms with Crippen LogP contribution in [0.1, 0.15) is 25.3 Å². The van der Waals surface area contributed by atoms with Gasteiger partial charge in [0.15, 0.2) is 0 Å². The highest BCUT2D eigenvalue weighted by molar-refractivity contribution is 5.90. The molecule has 1 amide bonds. The molecule has 0 radical (unpaired) electrons. The molecule has 0 aliphatic rings. The van der Waals surface area contributed by atoms with Crippen LogP contribution in [-0.2, 0) is 9.59 Å². The van der Waals surface area contributed by atoms with Crippen LogP contribution in [0.3, 0.4) is 0 Å². The first-order valence-corrected chi connectivity index (χ1v) is 5.40. The van der Waals surface area contributed by atoms with E-state index in [4.69, 9.17) is 5.11 Å². The first-order valence-electron chi connectivity index (χ1n) is 5.40.